The first kappa shape index (κ1) is 21.1. The summed E-state index contributed by atoms with van der Waals surface area (Å²) in [5.74, 6) is 5.93. The number of hydrogen-bond acceptors (Lipinski definition) is 3. The second-order valence-electron chi connectivity index (χ2n) is 6.57. The van der Waals surface area contributed by atoms with Crippen molar-refractivity contribution in [2.45, 2.75) is 19.8 Å². The van der Waals surface area contributed by atoms with E-state index >= 15 is 0 Å². The normalized spacial score (nSPS) is 20.1. The predicted octanol–water partition coefficient (Wildman–Crippen LogP) is 2.13. The maximum Gasteiger partial charge on any atom is 1.00 e. The Morgan fingerprint density at radius 2 is 1.42 bits per heavy atom. The second-order valence-corrected chi connectivity index (χ2v) is 6.57. The van der Waals surface area contributed by atoms with Gasteiger partial charge in [-0.2, -0.15) is 0 Å². The Morgan fingerprint density at radius 1 is 0.962 bits per heavy atom. The number of Topliss-reactive ketones (excluding diaryl/α,β-unsaturated/α-hetero) is 1. The third kappa shape index (κ3) is 5.39. The number of carbonyl (C=O) groups excluding carboxylic acids is 1. The summed E-state index contributed by atoms with van der Waals surface area (Å²) < 4.78 is 0. The molecule has 0 saturated heterocycles. The minimum absolute atomic E-state index is 0. The first-order valence-electron chi connectivity index (χ1n) is 8.39. The fourth-order valence-corrected chi connectivity index (χ4v) is 3.12. The molecule has 0 aromatic heterocycles. The average molecular weight is 372 g/mol. The molecule has 0 spiro atoms. The molecule has 128 valence electrons. The Kier molecular flexibility index (Phi) is 7.82. The van der Waals surface area contributed by atoms with Crippen molar-refractivity contribution in [3.05, 3.63) is 76.5 Å². The van der Waals surface area contributed by atoms with Crippen molar-refractivity contribution < 1.29 is 56.2 Å². The number of nitrogens with one attached hydrogen (secondary N) is 2. The summed E-state index contributed by atoms with van der Waals surface area (Å²) in [4.78, 5) is 12.9. The molecule has 1 fully saturated rings. The van der Waals surface area contributed by atoms with E-state index in [0.29, 0.717) is 11.6 Å². The molecule has 1 atom stereocenters. The summed E-state index contributed by atoms with van der Waals surface area (Å²) in [7, 11) is 0. The summed E-state index contributed by atoms with van der Waals surface area (Å²) in [5.41, 5.74) is 15.1. The SMILES string of the molecule is CC1C/C(=C\c2ccc([NH-])cc2)C(=O)/C(=C/c2ccc(NN)cc2)C1.[K+]. The first-order valence-corrected chi connectivity index (χ1v) is 8.39. The van der Waals surface area contributed by atoms with Gasteiger partial charge in [0.05, 0.1) is 0 Å². The molecule has 4 N–H and O–H groups in total. The topological polar surface area (TPSA) is 78.9 Å². The number of benzene rings is 2. The quantitative estimate of drug-likeness (QED) is 0.375. The van der Waals surface area contributed by atoms with Crippen LogP contribution >= 0.6 is 0 Å². The molecule has 2 aromatic rings. The van der Waals surface area contributed by atoms with Crippen molar-refractivity contribution in [2.24, 2.45) is 11.8 Å². The molecule has 5 heteroatoms. The van der Waals surface area contributed by atoms with Gasteiger partial charge in [-0.15, -0.1) is 5.69 Å². The maximum atomic E-state index is 12.9. The van der Waals surface area contributed by atoms with Crippen molar-refractivity contribution in [1.82, 2.24) is 0 Å². The van der Waals surface area contributed by atoms with Crippen molar-refractivity contribution in [2.75, 3.05) is 5.43 Å². The third-order valence-electron chi connectivity index (χ3n) is 4.39. The molecule has 0 bridgehead atoms. The largest absolute Gasteiger partial charge is 1.00 e. The molecular weight excluding hydrogens is 349 g/mol. The number of nitrogen functional groups attached to an aromatic ring is 1. The van der Waals surface area contributed by atoms with Crippen LogP contribution in [-0.4, -0.2) is 5.78 Å². The van der Waals surface area contributed by atoms with E-state index in [2.05, 4.69) is 12.3 Å². The van der Waals surface area contributed by atoms with E-state index in [-0.39, 0.29) is 57.2 Å². The molecule has 0 aliphatic heterocycles. The number of nitrogens with two attached hydrogens (primary N) is 1. The summed E-state index contributed by atoms with van der Waals surface area (Å²) in [6, 6.07) is 14.9. The van der Waals surface area contributed by atoms with E-state index < -0.39 is 0 Å². The number of anilines is 1. The van der Waals surface area contributed by atoms with Crippen LogP contribution in [0.25, 0.3) is 17.9 Å². The summed E-state index contributed by atoms with van der Waals surface area (Å²) >= 11 is 0. The number of allylic oxidation sites excluding steroid dienone is 2. The van der Waals surface area contributed by atoms with Gasteiger partial charge in [-0.05, 0) is 54.2 Å². The minimum atomic E-state index is 0. The molecule has 1 unspecified atom stereocenters. The zero-order chi connectivity index (χ0) is 17.8. The molecule has 3 rings (SSSR count). The van der Waals surface area contributed by atoms with Crippen molar-refractivity contribution in [3.63, 3.8) is 0 Å². The maximum absolute atomic E-state index is 12.9. The molecule has 0 amide bonds. The molecule has 0 heterocycles. The molecule has 4 nitrogen and oxygen atoms in total. The molecule has 1 aliphatic carbocycles. The second kappa shape index (κ2) is 9.64. The van der Waals surface area contributed by atoms with Crippen LogP contribution in [0.3, 0.4) is 0 Å². The number of hydrazine groups is 1. The number of ketones is 1. The Labute approximate surface area is 197 Å². The van der Waals surface area contributed by atoms with Crippen LogP contribution in [0.2, 0.25) is 0 Å². The zero-order valence-corrected chi connectivity index (χ0v) is 18.4. The van der Waals surface area contributed by atoms with Crippen LogP contribution in [0.5, 0.6) is 0 Å². The minimum Gasteiger partial charge on any atom is -0.699 e. The van der Waals surface area contributed by atoms with Crippen LogP contribution in [0.1, 0.15) is 30.9 Å². The van der Waals surface area contributed by atoms with E-state index in [4.69, 9.17) is 11.6 Å². The van der Waals surface area contributed by atoms with Crippen LogP contribution in [-0.2, 0) is 4.79 Å². The van der Waals surface area contributed by atoms with Gasteiger partial charge < -0.3 is 11.2 Å². The van der Waals surface area contributed by atoms with Crippen LogP contribution < -0.4 is 62.7 Å². The monoisotopic (exact) mass is 371 g/mol. The Hall–Kier alpha value is -1.21. The van der Waals surface area contributed by atoms with E-state index in [0.717, 1.165) is 40.8 Å². The molecule has 0 radical (unpaired) electrons. The fraction of sp³-hybridized carbons (Fsp3) is 0.190. The summed E-state index contributed by atoms with van der Waals surface area (Å²) in [6.45, 7) is 2.17. The third-order valence-corrected chi connectivity index (χ3v) is 4.39. The predicted molar refractivity (Wildman–Crippen MR) is 104 cm³/mol. The first-order chi connectivity index (χ1) is 12.0. The number of hydrogen-bond donors (Lipinski definition) is 2. The number of rotatable bonds is 3. The molecule has 2 aromatic carbocycles. The van der Waals surface area contributed by atoms with Gasteiger partial charge in [0.15, 0.2) is 5.78 Å². The van der Waals surface area contributed by atoms with Gasteiger partial charge in [-0.3, -0.25) is 10.6 Å². The molecule has 1 aliphatic rings. The van der Waals surface area contributed by atoms with Crippen molar-refractivity contribution in [3.8, 4) is 0 Å². The Morgan fingerprint density at radius 3 is 1.88 bits per heavy atom. The van der Waals surface area contributed by atoms with Gasteiger partial charge in [0.2, 0.25) is 0 Å². The Bertz CT molecular complexity index is 823. The van der Waals surface area contributed by atoms with Gasteiger partial charge >= 0.3 is 51.4 Å². The van der Waals surface area contributed by atoms with Gasteiger partial charge in [-0.1, -0.05) is 43.3 Å². The van der Waals surface area contributed by atoms with Crippen molar-refractivity contribution in [1.29, 1.82) is 0 Å². The Balaban J connectivity index is 0.00000243. The van der Waals surface area contributed by atoms with Gasteiger partial charge in [0.25, 0.3) is 0 Å². The van der Waals surface area contributed by atoms with Gasteiger partial charge in [-0.25, -0.2) is 0 Å². The molecular formula is C21H22KN3O. The van der Waals surface area contributed by atoms with Gasteiger partial charge in [0, 0.05) is 16.8 Å². The van der Waals surface area contributed by atoms with Crippen LogP contribution in [0.15, 0.2) is 59.7 Å². The fourth-order valence-electron chi connectivity index (χ4n) is 3.12. The van der Waals surface area contributed by atoms with Gasteiger partial charge in [0.1, 0.15) is 0 Å². The smallest absolute Gasteiger partial charge is 0.699 e. The van der Waals surface area contributed by atoms with E-state index in [9.17, 15) is 4.79 Å². The number of carbonyl (C=O) groups is 1. The summed E-state index contributed by atoms with van der Waals surface area (Å²) in [5, 5.41) is 0. The van der Waals surface area contributed by atoms with E-state index in [1.165, 1.54) is 0 Å². The van der Waals surface area contributed by atoms with Crippen LogP contribution in [0.4, 0.5) is 11.4 Å². The van der Waals surface area contributed by atoms with Crippen molar-refractivity contribution >= 4 is 29.3 Å². The molecule has 1 saturated carbocycles. The summed E-state index contributed by atoms with van der Waals surface area (Å²) in [6.07, 6.45) is 5.50. The average Bonchev–Trinajstić information content (AvgIpc) is 2.61. The van der Waals surface area contributed by atoms with E-state index in [1.807, 2.05) is 48.6 Å². The van der Waals surface area contributed by atoms with Crippen LogP contribution in [0, 0.1) is 5.92 Å². The zero-order valence-electron chi connectivity index (χ0n) is 15.3. The molecule has 26 heavy (non-hydrogen) atoms. The van der Waals surface area contributed by atoms with E-state index in [1.54, 1.807) is 12.1 Å². The standard InChI is InChI=1S/C21H23N3O.K/c1-14-10-17(12-15-2-6-19(22)7-3-15)21(25)18(11-14)13-16-4-8-20(24-23)9-5-16;/h2-9,12-14H,10-11,23H2,1H3,(H3,22,24,25);/q;+1/p-1.